The van der Waals surface area contributed by atoms with Crippen molar-refractivity contribution in [1.82, 2.24) is 9.80 Å². The summed E-state index contributed by atoms with van der Waals surface area (Å²) in [7, 11) is 0. The number of piperidine rings is 2. The van der Waals surface area contributed by atoms with Crippen LogP contribution in [0.3, 0.4) is 0 Å². The summed E-state index contributed by atoms with van der Waals surface area (Å²) in [5.41, 5.74) is 1.39. The number of nitrogens with zero attached hydrogens (tertiary/aromatic N) is 2. The molecule has 0 N–H and O–H groups in total. The zero-order valence-corrected chi connectivity index (χ0v) is 16.6. The minimum absolute atomic E-state index is 0.0530. The van der Waals surface area contributed by atoms with Crippen LogP contribution in [0.4, 0.5) is 0 Å². The van der Waals surface area contributed by atoms with Gasteiger partial charge < -0.3 is 9.64 Å². The molecule has 0 aliphatic carbocycles. The van der Waals surface area contributed by atoms with E-state index >= 15 is 0 Å². The summed E-state index contributed by atoms with van der Waals surface area (Å²) in [6.45, 7) is 11.2. The van der Waals surface area contributed by atoms with E-state index in [1.54, 1.807) is 0 Å². The van der Waals surface area contributed by atoms with E-state index < -0.39 is 0 Å². The van der Waals surface area contributed by atoms with Crippen LogP contribution < -0.4 is 4.74 Å². The molecule has 3 rings (SSSR count). The van der Waals surface area contributed by atoms with Crippen LogP contribution >= 0.6 is 0 Å². The predicted molar refractivity (Wildman–Crippen MR) is 111 cm³/mol. The number of benzene rings is 1. The van der Waals surface area contributed by atoms with E-state index in [0.717, 1.165) is 38.4 Å². The third kappa shape index (κ3) is 6.47. The molecule has 4 heteroatoms. The minimum Gasteiger partial charge on any atom is -0.494 e. The number of hydrogen-bond donors (Lipinski definition) is 0. The molecule has 0 spiro atoms. The van der Waals surface area contributed by atoms with Crippen LogP contribution in [-0.4, -0.2) is 61.5 Å². The second-order valence-corrected chi connectivity index (χ2v) is 7.90. The highest BCUT2D eigenvalue weighted by Gasteiger charge is 2.16. The number of carbonyl (C=O) groups is 1. The zero-order valence-electron chi connectivity index (χ0n) is 16.6. The van der Waals surface area contributed by atoms with Crippen LogP contribution in [0.5, 0.6) is 5.75 Å². The summed E-state index contributed by atoms with van der Waals surface area (Å²) in [5, 5.41) is 0. The van der Waals surface area contributed by atoms with Crippen molar-refractivity contribution in [2.45, 2.75) is 44.9 Å². The number of likely N-dealkylation sites (tertiary alicyclic amines) is 2. The van der Waals surface area contributed by atoms with E-state index in [-0.39, 0.29) is 5.78 Å². The molecule has 4 nitrogen and oxygen atoms in total. The lowest BCUT2D eigenvalue weighted by Crippen LogP contribution is -2.32. The summed E-state index contributed by atoms with van der Waals surface area (Å²) < 4.78 is 5.85. The van der Waals surface area contributed by atoms with Gasteiger partial charge >= 0.3 is 0 Å². The summed E-state index contributed by atoms with van der Waals surface area (Å²) in [4.78, 5) is 17.5. The SMILES string of the molecule is C=C(CN1CCCCC1)C(=O)c1ccc(OCCCN2CCCCC2)cc1. The number of hydrogen-bond acceptors (Lipinski definition) is 4. The van der Waals surface area contributed by atoms with Crippen molar-refractivity contribution in [3.05, 3.63) is 42.0 Å². The van der Waals surface area contributed by atoms with Gasteiger partial charge in [0.2, 0.25) is 0 Å². The maximum atomic E-state index is 12.6. The Kier molecular flexibility index (Phi) is 7.91. The molecule has 1 aromatic rings. The van der Waals surface area contributed by atoms with Gasteiger partial charge in [0.1, 0.15) is 5.75 Å². The average molecular weight is 371 g/mol. The molecule has 2 aliphatic heterocycles. The summed E-state index contributed by atoms with van der Waals surface area (Å²) in [6, 6.07) is 7.54. The van der Waals surface area contributed by atoms with E-state index in [0.29, 0.717) is 17.7 Å². The van der Waals surface area contributed by atoms with Gasteiger partial charge in [-0.3, -0.25) is 9.69 Å². The Morgan fingerprint density at radius 2 is 1.48 bits per heavy atom. The fraction of sp³-hybridized carbons (Fsp3) is 0.609. The molecule has 0 bridgehead atoms. The maximum Gasteiger partial charge on any atom is 0.189 e. The molecule has 0 unspecified atom stereocenters. The highest BCUT2D eigenvalue weighted by Crippen LogP contribution is 2.17. The monoisotopic (exact) mass is 370 g/mol. The van der Waals surface area contributed by atoms with Gasteiger partial charge in [-0.2, -0.15) is 0 Å². The van der Waals surface area contributed by atoms with Gasteiger partial charge in [-0.25, -0.2) is 0 Å². The van der Waals surface area contributed by atoms with Crippen LogP contribution in [0, 0.1) is 0 Å². The van der Waals surface area contributed by atoms with Crippen LogP contribution in [0.1, 0.15) is 55.3 Å². The normalized spacial score (nSPS) is 19.0. The van der Waals surface area contributed by atoms with Gasteiger partial charge in [0.05, 0.1) is 6.61 Å². The molecular formula is C23H34N2O2. The Labute approximate surface area is 164 Å². The largest absolute Gasteiger partial charge is 0.494 e. The molecule has 1 aromatic carbocycles. The predicted octanol–water partition coefficient (Wildman–Crippen LogP) is 4.17. The number of ketones is 1. The molecule has 0 saturated carbocycles. The zero-order chi connectivity index (χ0) is 18.9. The average Bonchev–Trinajstić information content (AvgIpc) is 2.72. The van der Waals surface area contributed by atoms with Gasteiger partial charge in [0.15, 0.2) is 5.78 Å². The smallest absolute Gasteiger partial charge is 0.189 e. The van der Waals surface area contributed by atoms with Gasteiger partial charge in [0, 0.05) is 24.2 Å². The lowest BCUT2D eigenvalue weighted by Gasteiger charge is -2.26. The summed E-state index contributed by atoms with van der Waals surface area (Å²) >= 11 is 0. The van der Waals surface area contributed by atoms with Crippen molar-refractivity contribution in [2.24, 2.45) is 0 Å². The second-order valence-electron chi connectivity index (χ2n) is 7.90. The van der Waals surface area contributed by atoms with Crippen molar-refractivity contribution < 1.29 is 9.53 Å². The highest BCUT2D eigenvalue weighted by atomic mass is 16.5. The third-order valence-corrected chi connectivity index (χ3v) is 5.64. The molecule has 27 heavy (non-hydrogen) atoms. The van der Waals surface area contributed by atoms with Crippen molar-refractivity contribution in [1.29, 1.82) is 0 Å². The fourth-order valence-corrected chi connectivity index (χ4v) is 4.03. The molecular weight excluding hydrogens is 336 g/mol. The van der Waals surface area contributed by atoms with E-state index in [2.05, 4.69) is 16.4 Å². The molecule has 0 amide bonds. The molecule has 0 aromatic heterocycles. The molecule has 2 saturated heterocycles. The van der Waals surface area contributed by atoms with Crippen LogP contribution in [0.15, 0.2) is 36.4 Å². The highest BCUT2D eigenvalue weighted by molar-refractivity contribution is 6.08. The first-order chi connectivity index (χ1) is 13.2. The standard InChI is InChI=1S/C23H34N2O2/c1-20(19-25-15-6-3-7-16-25)23(26)21-9-11-22(12-10-21)27-18-8-17-24-13-4-2-5-14-24/h9-12H,1-8,13-19H2. The molecule has 0 radical (unpaired) electrons. The molecule has 2 heterocycles. The van der Waals surface area contributed by atoms with Gasteiger partial charge in [-0.1, -0.05) is 19.4 Å². The topological polar surface area (TPSA) is 32.8 Å². The molecule has 2 aliphatic rings. The Balaban J connectivity index is 1.39. The maximum absolute atomic E-state index is 12.6. The number of Topliss-reactive ketones (excluding diaryl/α,β-unsaturated/α-hetero) is 1. The van der Waals surface area contributed by atoms with Crippen LogP contribution in [-0.2, 0) is 0 Å². The second kappa shape index (κ2) is 10.6. The first-order valence-corrected chi connectivity index (χ1v) is 10.6. The van der Waals surface area contributed by atoms with Gasteiger partial charge in [-0.05, 0) is 82.5 Å². The lowest BCUT2D eigenvalue weighted by molar-refractivity contribution is 0.102. The Hall–Kier alpha value is -1.65. The Morgan fingerprint density at radius 1 is 0.889 bits per heavy atom. The van der Waals surface area contributed by atoms with Crippen molar-refractivity contribution in [3.63, 3.8) is 0 Å². The summed E-state index contributed by atoms with van der Waals surface area (Å²) in [5.74, 6) is 0.893. The lowest BCUT2D eigenvalue weighted by atomic mass is 10.0. The number of carbonyl (C=O) groups excluding carboxylic acids is 1. The summed E-state index contributed by atoms with van der Waals surface area (Å²) in [6.07, 6.45) is 8.85. The Bertz CT molecular complexity index is 599. The van der Waals surface area contributed by atoms with Gasteiger partial charge in [-0.15, -0.1) is 0 Å². The van der Waals surface area contributed by atoms with E-state index in [9.17, 15) is 4.79 Å². The Morgan fingerprint density at radius 3 is 2.11 bits per heavy atom. The van der Waals surface area contributed by atoms with Crippen LogP contribution in [0.25, 0.3) is 0 Å². The number of ether oxygens (including phenoxy) is 1. The third-order valence-electron chi connectivity index (χ3n) is 5.64. The first kappa shape index (κ1) is 20.1. The first-order valence-electron chi connectivity index (χ1n) is 10.6. The molecule has 0 atom stereocenters. The van der Waals surface area contributed by atoms with E-state index in [1.807, 2.05) is 24.3 Å². The number of rotatable bonds is 9. The fourth-order valence-electron chi connectivity index (χ4n) is 4.03. The molecule has 148 valence electrons. The van der Waals surface area contributed by atoms with E-state index in [1.165, 1.54) is 51.6 Å². The van der Waals surface area contributed by atoms with Crippen molar-refractivity contribution in [3.8, 4) is 5.75 Å². The van der Waals surface area contributed by atoms with E-state index in [4.69, 9.17) is 4.74 Å². The van der Waals surface area contributed by atoms with Gasteiger partial charge in [0.25, 0.3) is 0 Å². The quantitative estimate of drug-likeness (QED) is 0.371. The van der Waals surface area contributed by atoms with Crippen molar-refractivity contribution >= 4 is 5.78 Å². The van der Waals surface area contributed by atoms with Crippen LogP contribution in [0.2, 0.25) is 0 Å². The minimum atomic E-state index is 0.0530. The molecule has 2 fully saturated rings. The van der Waals surface area contributed by atoms with Crippen molar-refractivity contribution in [2.75, 3.05) is 45.9 Å².